The highest BCUT2D eigenvalue weighted by Crippen LogP contribution is 2.23. The van der Waals surface area contributed by atoms with Crippen molar-refractivity contribution >= 4 is 17.3 Å². The Morgan fingerprint density at radius 1 is 1.33 bits per heavy atom. The van der Waals surface area contributed by atoms with Crippen molar-refractivity contribution < 1.29 is 0 Å². The fourth-order valence-electron chi connectivity index (χ4n) is 1.66. The van der Waals surface area contributed by atoms with Crippen LogP contribution in [0.5, 0.6) is 0 Å². The highest BCUT2D eigenvalue weighted by atomic mass is 35.5. The van der Waals surface area contributed by atoms with Crippen LogP contribution in [0, 0.1) is 11.3 Å². The Kier molecular flexibility index (Phi) is 3.81. The summed E-state index contributed by atoms with van der Waals surface area (Å²) in [6.07, 6.45) is 1.77. The zero-order valence-electron chi connectivity index (χ0n) is 9.97. The van der Waals surface area contributed by atoms with Crippen LogP contribution in [-0.2, 0) is 6.54 Å². The van der Waals surface area contributed by atoms with Crippen LogP contribution in [0.3, 0.4) is 0 Å². The lowest BCUT2D eigenvalue weighted by molar-refractivity contribution is 0.885. The van der Waals surface area contributed by atoms with E-state index in [0.717, 1.165) is 11.4 Å². The lowest BCUT2D eigenvalue weighted by atomic mass is 10.2. The number of halogens is 1. The van der Waals surface area contributed by atoms with Crippen molar-refractivity contribution in [3.63, 3.8) is 0 Å². The highest BCUT2D eigenvalue weighted by Gasteiger charge is 2.06. The van der Waals surface area contributed by atoms with Crippen LogP contribution in [0.2, 0.25) is 5.02 Å². The molecule has 0 saturated heterocycles. The molecular formula is C14H12ClN3. The Hall–Kier alpha value is -2.05. The monoisotopic (exact) mass is 257 g/mol. The molecule has 0 atom stereocenters. The predicted octanol–water partition coefficient (Wildman–Crippen LogP) is 3.24. The van der Waals surface area contributed by atoms with Gasteiger partial charge in [-0.15, -0.1) is 0 Å². The zero-order valence-corrected chi connectivity index (χ0v) is 10.7. The Labute approximate surface area is 111 Å². The minimum atomic E-state index is 0.475. The molecule has 0 unspecified atom stereocenters. The molecule has 1 aromatic carbocycles. The molecular weight excluding hydrogens is 246 g/mol. The van der Waals surface area contributed by atoms with E-state index in [1.165, 1.54) is 0 Å². The quantitative estimate of drug-likeness (QED) is 0.847. The minimum Gasteiger partial charge on any atom is -0.369 e. The second-order valence-electron chi connectivity index (χ2n) is 3.95. The van der Waals surface area contributed by atoms with Crippen LogP contribution in [0.1, 0.15) is 11.3 Å². The summed E-state index contributed by atoms with van der Waals surface area (Å²) >= 11 is 6.01. The summed E-state index contributed by atoms with van der Waals surface area (Å²) in [5, 5.41) is 9.30. The Balaban J connectivity index is 2.17. The van der Waals surface area contributed by atoms with Gasteiger partial charge in [-0.3, -0.25) is 4.98 Å². The zero-order chi connectivity index (χ0) is 13.0. The van der Waals surface area contributed by atoms with Crippen molar-refractivity contribution in [1.29, 1.82) is 5.26 Å². The van der Waals surface area contributed by atoms with Crippen LogP contribution < -0.4 is 4.90 Å². The van der Waals surface area contributed by atoms with Crippen molar-refractivity contribution in [3.8, 4) is 6.07 Å². The number of benzene rings is 1. The Morgan fingerprint density at radius 3 is 2.78 bits per heavy atom. The van der Waals surface area contributed by atoms with E-state index in [1.807, 2.05) is 42.3 Å². The molecule has 0 spiro atoms. The largest absolute Gasteiger partial charge is 0.369 e. The molecule has 3 nitrogen and oxygen atoms in total. The van der Waals surface area contributed by atoms with Gasteiger partial charge in [0, 0.05) is 18.9 Å². The molecule has 0 aliphatic heterocycles. The summed E-state index contributed by atoms with van der Waals surface area (Å²) in [5.74, 6) is 0. The lowest BCUT2D eigenvalue weighted by Gasteiger charge is -2.19. The van der Waals surface area contributed by atoms with E-state index >= 15 is 0 Å². The van der Waals surface area contributed by atoms with Crippen LogP contribution in [0.4, 0.5) is 5.69 Å². The van der Waals surface area contributed by atoms with Crippen molar-refractivity contribution in [1.82, 2.24) is 4.98 Å². The molecule has 2 aromatic rings. The van der Waals surface area contributed by atoms with Crippen LogP contribution >= 0.6 is 11.6 Å². The first-order valence-electron chi connectivity index (χ1n) is 5.51. The average molecular weight is 258 g/mol. The molecule has 1 heterocycles. The van der Waals surface area contributed by atoms with Crippen LogP contribution in [-0.4, -0.2) is 12.0 Å². The van der Waals surface area contributed by atoms with Crippen LogP contribution in [0.25, 0.3) is 0 Å². The van der Waals surface area contributed by atoms with Gasteiger partial charge in [-0.05, 0) is 30.3 Å². The first-order chi connectivity index (χ1) is 8.70. The van der Waals surface area contributed by atoms with Gasteiger partial charge in [0.1, 0.15) is 6.07 Å². The third kappa shape index (κ3) is 2.79. The summed E-state index contributed by atoms with van der Waals surface area (Å²) in [5.41, 5.74) is 2.44. The summed E-state index contributed by atoms with van der Waals surface area (Å²) in [7, 11) is 1.96. The van der Waals surface area contributed by atoms with E-state index in [9.17, 15) is 0 Å². The molecule has 0 saturated carbocycles. The number of hydrogen-bond donors (Lipinski definition) is 0. The van der Waals surface area contributed by atoms with E-state index in [0.29, 0.717) is 17.1 Å². The van der Waals surface area contributed by atoms with Crippen molar-refractivity contribution in [2.75, 3.05) is 11.9 Å². The minimum absolute atomic E-state index is 0.475. The first-order valence-corrected chi connectivity index (χ1v) is 5.89. The molecule has 2 rings (SSSR count). The second-order valence-corrected chi connectivity index (χ2v) is 4.36. The number of nitriles is 1. The third-order valence-electron chi connectivity index (χ3n) is 2.64. The number of hydrogen-bond acceptors (Lipinski definition) is 3. The SMILES string of the molecule is CN(Cc1ccccn1)c1ccc(C#N)c(Cl)c1. The molecule has 0 amide bonds. The lowest BCUT2D eigenvalue weighted by Crippen LogP contribution is -2.17. The number of anilines is 1. The van der Waals surface area contributed by atoms with Gasteiger partial charge in [0.2, 0.25) is 0 Å². The smallest absolute Gasteiger partial charge is 0.101 e. The Morgan fingerprint density at radius 2 is 2.17 bits per heavy atom. The summed E-state index contributed by atoms with van der Waals surface area (Å²) in [6, 6.07) is 13.3. The normalized spacial score (nSPS) is 9.83. The van der Waals surface area contributed by atoms with Gasteiger partial charge in [-0.1, -0.05) is 17.7 Å². The van der Waals surface area contributed by atoms with Gasteiger partial charge < -0.3 is 4.90 Å². The standard InChI is InChI=1S/C14H12ClN3/c1-18(10-12-4-2-3-7-17-12)13-6-5-11(9-16)14(15)8-13/h2-8H,10H2,1H3. The average Bonchev–Trinajstić information content (AvgIpc) is 2.39. The number of nitrogens with zero attached hydrogens (tertiary/aromatic N) is 3. The number of pyridine rings is 1. The fraction of sp³-hybridized carbons (Fsp3) is 0.143. The Bertz CT molecular complexity index is 575. The maximum absolute atomic E-state index is 8.83. The van der Waals surface area contributed by atoms with Gasteiger partial charge >= 0.3 is 0 Å². The molecule has 0 fully saturated rings. The maximum atomic E-state index is 8.83. The molecule has 0 radical (unpaired) electrons. The highest BCUT2D eigenvalue weighted by molar-refractivity contribution is 6.32. The predicted molar refractivity (Wildman–Crippen MR) is 72.5 cm³/mol. The van der Waals surface area contributed by atoms with E-state index in [-0.39, 0.29) is 0 Å². The van der Waals surface area contributed by atoms with Crippen LogP contribution in [0.15, 0.2) is 42.6 Å². The van der Waals surface area contributed by atoms with Crippen molar-refractivity contribution in [2.24, 2.45) is 0 Å². The third-order valence-corrected chi connectivity index (χ3v) is 2.95. The molecule has 0 bridgehead atoms. The van der Waals surface area contributed by atoms with E-state index in [4.69, 9.17) is 16.9 Å². The number of aromatic nitrogens is 1. The van der Waals surface area contributed by atoms with Crippen molar-refractivity contribution in [3.05, 3.63) is 58.9 Å². The molecule has 0 aliphatic carbocycles. The van der Waals surface area contributed by atoms with Gasteiger partial charge in [0.15, 0.2) is 0 Å². The first kappa shape index (κ1) is 12.4. The molecule has 4 heteroatoms. The maximum Gasteiger partial charge on any atom is 0.101 e. The molecule has 18 heavy (non-hydrogen) atoms. The van der Waals surface area contributed by atoms with Gasteiger partial charge in [0.25, 0.3) is 0 Å². The molecule has 90 valence electrons. The second kappa shape index (κ2) is 5.52. The molecule has 0 aliphatic rings. The van der Waals surface area contributed by atoms with E-state index < -0.39 is 0 Å². The van der Waals surface area contributed by atoms with Gasteiger partial charge in [-0.2, -0.15) is 5.26 Å². The van der Waals surface area contributed by atoms with E-state index in [2.05, 4.69) is 4.98 Å². The summed E-state index contributed by atoms with van der Waals surface area (Å²) in [6.45, 7) is 0.697. The van der Waals surface area contributed by atoms with Crippen molar-refractivity contribution in [2.45, 2.75) is 6.54 Å². The molecule has 0 N–H and O–H groups in total. The molecule has 1 aromatic heterocycles. The summed E-state index contributed by atoms with van der Waals surface area (Å²) < 4.78 is 0. The summed E-state index contributed by atoms with van der Waals surface area (Å²) in [4.78, 5) is 6.31. The van der Waals surface area contributed by atoms with Gasteiger partial charge in [0.05, 0.1) is 22.8 Å². The fourth-order valence-corrected chi connectivity index (χ4v) is 1.88. The number of rotatable bonds is 3. The van der Waals surface area contributed by atoms with E-state index in [1.54, 1.807) is 18.3 Å². The van der Waals surface area contributed by atoms with Gasteiger partial charge in [-0.25, -0.2) is 0 Å². The topological polar surface area (TPSA) is 39.9 Å².